The van der Waals surface area contributed by atoms with Gasteiger partial charge in [-0.2, -0.15) is 0 Å². The van der Waals surface area contributed by atoms with E-state index in [0.29, 0.717) is 12.0 Å². The van der Waals surface area contributed by atoms with Crippen molar-refractivity contribution < 1.29 is 23.6 Å². The van der Waals surface area contributed by atoms with Crippen LogP contribution in [0.3, 0.4) is 0 Å². The number of ether oxygens (including phenoxy) is 1. The van der Waals surface area contributed by atoms with Gasteiger partial charge in [-0.3, -0.25) is 9.00 Å². The number of aromatic carboxylic acids is 1. The molecule has 21 heavy (non-hydrogen) atoms. The van der Waals surface area contributed by atoms with Crippen molar-refractivity contribution in [3.05, 3.63) is 35.4 Å². The summed E-state index contributed by atoms with van der Waals surface area (Å²) in [5.41, 5.74) is 0.770. The molecule has 0 aliphatic rings. The second-order valence-corrected chi connectivity index (χ2v) is 6.53. The van der Waals surface area contributed by atoms with Crippen LogP contribution in [0.5, 0.6) is 0 Å². The van der Waals surface area contributed by atoms with Crippen LogP contribution in [0.2, 0.25) is 0 Å². The first-order valence-corrected chi connectivity index (χ1v) is 8.13. The van der Waals surface area contributed by atoms with Gasteiger partial charge in [-0.1, -0.05) is 19.1 Å². The summed E-state index contributed by atoms with van der Waals surface area (Å²) in [6, 6.07) is 6.24. The molecule has 0 aliphatic carbocycles. The lowest BCUT2D eigenvalue weighted by molar-refractivity contribution is -0.146. The minimum Gasteiger partial charge on any atom is -0.478 e. The molecule has 6 heteroatoms. The highest BCUT2D eigenvalue weighted by molar-refractivity contribution is 7.85. The molecule has 0 spiro atoms. The second kappa shape index (κ2) is 7.93. The number of carboxylic acid groups (broad SMARTS) is 1. The van der Waals surface area contributed by atoms with Crippen LogP contribution in [0.1, 0.15) is 43.1 Å². The molecule has 0 amide bonds. The van der Waals surface area contributed by atoms with E-state index in [-0.39, 0.29) is 17.4 Å². The molecule has 2 atom stereocenters. The van der Waals surface area contributed by atoms with Crippen molar-refractivity contribution in [2.75, 3.05) is 0 Å². The average molecular weight is 312 g/mol. The molecule has 0 saturated heterocycles. The van der Waals surface area contributed by atoms with E-state index in [0.717, 1.165) is 0 Å². The van der Waals surface area contributed by atoms with Crippen molar-refractivity contribution in [1.29, 1.82) is 0 Å². The fourth-order valence-electron chi connectivity index (χ4n) is 1.83. The molecule has 0 heterocycles. The van der Waals surface area contributed by atoms with E-state index < -0.39 is 28.0 Å². The Balaban J connectivity index is 2.81. The summed E-state index contributed by atoms with van der Waals surface area (Å²) in [4.78, 5) is 22.8. The van der Waals surface area contributed by atoms with Crippen LogP contribution in [0.15, 0.2) is 24.3 Å². The Morgan fingerprint density at radius 2 is 2.00 bits per heavy atom. The predicted octanol–water partition coefficient (Wildman–Crippen LogP) is 2.36. The Hall–Kier alpha value is -1.69. The van der Waals surface area contributed by atoms with Crippen LogP contribution in [0.4, 0.5) is 0 Å². The average Bonchev–Trinajstić information content (AvgIpc) is 2.38. The van der Waals surface area contributed by atoms with Crippen LogP contribution >= 0.6 is 0 Å². The molecule has 1 rings (SSSR count). The van der Waals surface area contributed by atoms with Gasteiger partial charge in [0.05, 0.1) is 11.7 Å². The van der Waals surface area contributed by atoms with Gasteiger partial charge in [0.2, 0.25) is 0 Å². The van der Waals surface area contributed by atoms with Crippen molar-refractivity contribution in [3.8, 4) is 0 Å². The molecule has 116 valence electrons. The molecule has 0 aliphatic heterocycles. The second-order valence-electron chi connectivity index (χ2n) is 4.91. The summed E-state index contributed by atoms with van der Waals surface area (Å²) in [5, 5.41) is 8.24. The number of hydrogen-bond donors (Lipinski definition) is 1. The Morgan fingerprint density at radius 3 is 2.52 bits per heavy atom. The van der Waals surface area contributed by atoms with Gasteiger partial charge in [0.25, 0.3) is 0 Å². The molecule has 0 radical (unpaired) electrons. The van der Waals surface area contributed by atoms with E-state index in [1.54, 1.807) is 32.9 Å². The van der Waals surface area contributed by atoms with Gasteiger partial charge >= 0.3 is 11.9 Å². The molecule has 0 bridgehead atoms. The third-order valence-electron chi connectivity index (χ3n) is 2.79. The fourth-order valence-corrected chi connectivity index (χ4v) is 3.18. The molecular weight excluding hydrogens is 292 g/mol. The van der Waals surface area contributed by atoms with E-state index in [4.69, 9.17) is 9.84 Å². The lowest BCUT2D eigenvalue weighted by Crippen LogP contribution is -2.30. The van der Waals surface area contributed by atoms with Gasteiger partial charge in [-0.15, -0.1) is 0 Å². The van der Waals surface area contributed by atoms with Crippen molar-refractivity contribution in [2.24, 2.45) is 0 Å². The predicted molar refractivity (Wildman–Crippen MR) is 80.6 cm³/mol. The highest BCUT2D eigenvalue weighted by Crippen LogP contribution is 2.14. The van der Waals surface area contributed by atoms with Crippen molar-refractivity contribution >= 4 is 22.7 Å². The Kier molecular flexibility index (Phi) is 6.55. The molecule has 1 aromatic rings. The Labute approximate surface area is 126 Å². The molecule has 0 fully saturated rings. The summed E-state index contributed by atoms with van der Waals surface area (Å²) < 4.78 is 17.4. The minimum atomic E-state index is -1.44. The summed E-state index contributed by atoms with van der Waals surface area (Å²) >= 11 is 0. The zero-order valence-corrected chi connectivity index (χ0v) is 13.2. The Morgan fingerprint density at radius 1 is 1.33 bits per heavy atom. The van der Waals surface area contributed by atoms with Crippen LogP contribution < -0.4 is 0 Å². The lowest BCUT2D eigenvalue weighted by Gasteiger charge is -2.16. The third-order valence-corrected chi connectivity index (χ3v) is 4.56. The van der Waals surface area contributed by atoms with Crippen LogP contribution in [-0.2, 0) is 26.1 Å². The maximum absolute atomic E-state index is 12.3. The fraction of sp³-hybridized carbons (Fsp3) is 0.467. The highest BCUT2D eigenvalue weighted by Gasteiger charge is 2.25. The normalized spacial score (nSPS) is 13.7. The smallest absolute Gasteiger partial charge is 0.335 e. The number of esters is 1. The van der Waals surface area contributed by atoms with Gasteiger partial charge in [-0.05, 0) is 38.0 Å². The van der Waals surface area contributed by atoms with Gasteiger partial charge < -0.3 is 9.84 Å². The summed E-state index contributed by atoms with van der Waals surface area (Å²) in [6.07, 6.45) is 0.162. The van der Waals surface area contributed by atoms with E-state index in [1.807, 2.05) is 0 Å². The number of carbonyl (C=O) groups excluding carboxylic acids is 1. The molecule has 5 nitrogen and oxygen atoms in total. The van der Waals surface area contributed by atoms with E-state index >= 15 is 0 Å². The van der Waals surface area contributed by atoms with Crippen molar-refractivity contribution in [3.63, 3.8) is 0 Å². The zero-order chi connectivity index (χ0) is 16.0. The molecule has 1 N–H and O–H groups in total. The SMILES string of the molecule is CCC(C(=O)OC(C)C)S(=O)Cc1cccc(C(=O)O)c1. The molecular formula is C15H20O5S. The maximum Gasteiger partial charge on any atom is 0.335 e. The number of carboxylic acids is 1. The first kappa shape index (κ1) is 17.4. The summed E-state index contributed by atoms with van der Waals surface area (Å²) in [6.45, 7) is 5.26. The van der Waals surface area contributed by atoms with Gasteiger partial charge in [0.1, 0.15) is 5.25 Å². The highest BCUT2D eigenvalue weighted by atomic mass is 32.2. The van der Waals surface area contributed by atoms with Crippen LogP contribution in [0.25, 0.3) is 0 Å². The van der Waals surface area contributed by atoms with Gasteiger partial charge in [0, 0.05) is 16.6 Å². The van der Waals surface area contributed by atoms with Crippen LogP contribution in [0, 0.1) is 0 Å². The van der Waals surface area contributed by atoms with Gasteiger partial charge in [-0.25, -0.2) is 4.79 Å². The molecule has 0 aromatic heterocycles. The number of rotatable bonds is 7. The summed E-state index contributed by atoms with van der Waals surface area (Å²) in [7, 11) is -1.44. The van der Waals surface area contributed by atoms with E-state index in [2.05, 4.69) is 0 Å². The maximum atomic E-state index is 12.3. The number of carbonyl (C=O) groups is 2. The quantitative estimate of drug-likeness (QED) is 0.782. The van der Waals surface area contributed by atoms with Crippen molar-refractivity contribution in [1.82, 2.24) is 0 Å². The largest absolute Gasteiger partial charge is 0.478 e. The first-order chi connectivity index (χ1) is 9.85. The topological polar surface area (TPSA) is 80.7 Å². The monoisotopic (exact) mass is 312 g/mol. The standard InChI is InChI=1S/C15H20O5S/c1-4-13(15(18)20-10(2)3)21(19)9-11-6-5-7-12(8-11)14(16)17/h5-8,10,13H,4,9H2,1-3H3,(H,16,17). The van der Waals surface area contributed by atoms with E-state index in [9.17, 15) is 13.8 Å². The molecule has 2 unspecified atom stereocenters. The van der Waals surface area contributed by atoms with Crippen LogP contribution in [-0.4, -0.2) is 32.6 Å². The number of benzene rings is 1. The van der Waals surface area contributed by atoms with E-state index in [1.165, 1.54) is 12.1 Å². The Bertz CT molecular complexity index is 539. The third kappa shape index (κ3) is 5.30. The first-order valence-electron chi connectivity index (χ1n) is 6.75. The van der Waals surface area contributed by atoms with Crippen molar-refractivity contribution in [2.45, 2.75) is 44.3 Å². The van der Waals surface area contributed by atoms with Gasteiger partial charge in [0.15, 0.2) is 0 Å². The summed E-state index contributed by atoms with van der Waals surface area (Å²) in [5.74, 6) is -1.37. The number of hydrogen-bond acceptors (Lipinski definition) is 4. The zero-order valence-electron chi connectivity index (χ0n) is 12.4. The molecule has 0 saturated carbocycles. The minimum absolute atomic E-state index is 0.132. The lowest BCUT2D eigenvalue weighted by atomic mass is 10.1. The molecule has 1 aromatic carbocycles.